The van der Waals surface area contributed by atoms with Gasteiger partial charge in [-0.1, -0.05) is 12.1 Å². The number of carbonyl (C=O) groups is 1. The van der Waals surface area contributed by atoms with Gasteiger partial charge in [0.05, 0.1) is 18.0 Å². The van der Waals surface area contributed by atoms with Crippen molar-refractivity contribution in [3.05, 3.63) is 53.5 Å². The molecule has 0 aliphatic carbocycles. The molecule has 1 aromatic carbocycles. The van der Waals surface area contributed by atoms with Crippen molar-refractivity contribution in [1.82, 2.24) is 5.43 Å². The summed E-state index contributed by atoms with van der Waals surface area (Å²) in [6, 6.07) is 9.47. The highest BCUT2D eigenvalue weighted by molar-refractivity contribution is 5.95. The zero-order chi connectivity index (χ0) is 14.5. The number of benzene rings is 1. The summed E-state index contributed by atoms with van der Waals surface area (Å²) in [5.74, 6) is 0.297. The van der Waals surface area contributed by atoms with E-state index in [1.165, 1.54) is 6.26 Å². The molecule has 5 nitrogen and oxygen atoms in total. The first-order valence-electron chi connectivity index (χ1n) is 6.23. The van der Waals surface area contributed by atoms with Crippen LogP contribution in [0, 0.1) is 6.92 Å². The summed E-state index contributed by atoms with van der Waals surface area (Å²) in [7, 11) is 3.97. The molecule has 0 radical (unpaired) electrons. The van der Waals surface area contributed by atoms with E-state index in [9.17, 15) is 4.79 Å². The lowest BCUT2D eigenvalue weighted by molar-refractivity contribution is 0.0953. The second kappa shape index (κ2) is 6.06. The minimum absolute atomic E-state index is 0.280. The Bertz CT molecular complexity index is 612. The molecule has 0 saturated carbocycles. The third-order valence-corrected chi connectivity index (χ3v) is 2.89. The second-order valence-electron chi connectivity index (χ2n) is 4.58. The molecule has 0 bridgehead atoms. The van der Waals surface area contributed by atoms with Crippen LogP contribution >= 0.6 is 0 Å². The van der Waals surface area contributed by atoms with E-state index in [0.717, 1.165) is 11.3 Å². The Morgan fingerprint density at radius 1 is 1.25 bits per heavy atom. The number of hydrazone groups is 1. The van der Waals surface area contributed by atoms with E-state index in [2.05, 4.69) is 10.5 Å². The van der Waals surface area contributed by atoms with Crippen LogP contribution in [0.25, 0.3) is 0 Å². The van der Waals surface area contributed by atoms with Gasteiger partial charge in [-0.2, -0.15) is 5.10 Å². The first kappa shape index (κ1) is 13.9. The van der Waals surface area contributed by atoms with Crippen LogP contribution in [0.3, 0.4) is 0 Å². The average molecular weight is 271 g/mol. The molecule has 2 aromatic rings. The first-order chi connectivity index (χ1) is 9.58. The highest BCUT2D eigenvalue weighted by Crippen LogP contribution is 2.11. The van der Waals surface area contributed by atoms with Gasteiger partial charge in [0.25, 0.3) is 5.91 Å². The fourth-order valence-electron chi connectivity index (χ4n) is 1.70. The number of hydrogen-bond donors (Lipinski definition) is 1. The van der Waals surface area contributed by atoms with E-state index in [1.807, 2.05) is 43.3 Å². The maximum absolute atomic E-state index is 11.8. The molecule has 1 aromatic heterocycles. The number of aryl methyl sites for hydroxylation is 1. The smallest absolute Gasteiger partial charge is 0.274 e. The number of anilines is 1. The standard InChI is InChI=1S/C15H17N3O2/c1-11-14(8-9-20-11)15(19)17-16-10-12-4-6-13(7-5-12)18(2)3/h4-10H,1-3H3,(H,17,19). The lowest BCUT2D eigenvalue weighted by Gasteiger charge is -2.11. The van der Waals surface area contributed by atoms with Gasteiger partial charge in [-0.25, -0.2) is 5.43 Å². The van der Waals surface area contributed by atoms with Crippen LogP contribution in [0.5, 0.6) is 0 Å². The summed E-state index contributed by atoms with van der Waals surface area (Å²) >= 11 is 0. The third kappa shape index (κ3) is 3.26. The Morgan fingerprint density at radius 2 is 1.95 bits per heavy atom. The predicted molar refractivity (Wildman–Crippen MR) is 79.3 cm³/mol. The van der Waals surface area contributed by atoms with Gasteiger partial charge in [0.1, 0.15) is 5.76 Å². The number of rotatable bonds is 4. The molecule has 0 aliphatic heterocycles. The Kier molecular flexibility index (Phi) is 4.20. The van der Waals surface area contributed by atoms with Gasteiger partial charge in [-0.15, -0.1) is 0 Å². The number of hydrogen-bond acceptors (Lipinski definition) is 4. The van der Waals surface area contributed by atoms with E-state index < -0.39 is 0 Å². The van der Waals surface area contributed by atoms with Crippen LogP contribution in [0.2, 0.25) is 0 Å². The molecule has 2 rings (SSSR count). The molecular formula is C15H17N3O2. The number of furan rings is 1. The normalized spacial score (nSPS) is 10.8. The monoisotopic (exact) mass is 271 g/mol. The van der Waals surface area contributed by atoms with E-state index in [4.69, 9.17) is 4.42 Å². The largest absolute Gasteiger partial charge is 0.469 e. The minimum atomic E-state index is -0.280. The highest BCUT2D eigenvalue weighted by atomic mass is 16.3. The fourth-order valence-corrected chi connectivity index (χ4v) is 1.70. The van der Waals surface area contributed by atoms with Crippen molar-refractivity contribution in [2.75, 3.05) is 19.0 Å². The van der Waals surface area contributed by atoms with Crippen LogP contribution in [0.4, 0.5) is 5.69 Å². The molecule has 0 aliphatic rings. The zero-order valence-corrected chi connectivity index (χ0v) is 11.8. The van der Waals surface area contributed by atoms with Crippen molar-refractivity contribution in [3.8, 4) is 0 Å². The average Bonchev–Trinajstić information content (AvgIpc) is 2.85. The van der Waals surface area contributed by atoms with Crippen molar-refractivity contribution in [2.45, 2.75) is 6.92 Å². The van der Waals surface area contributed by atoms with Crippen LogP contribution < -0.4 is 10.3 Å². The van der Waals surface area contributed by atoms with Crippen molar-refractivity contribution >= 4 is 17.8 Å². The number of carbonyl (C=O) groups excluding carboxylic acids is 1. The third-order valence-electron chi connectivity index (χ3n) is 2.89. The maximum atomic E-state index is 11.8. The molecule has 0 saturated heterocycles. The molecule has 0 unspecified atom stereocenters. The van der Waals surface area contributed by atoms with E-state index in [0.29, 0.717) is 11.3 Å². The van der Waals surface area contributed by atoms with Crippen LogP contribution in [-0.4, -0.2) is 26.2 Å². The van der Waals surface area contributed by atoms with Gasteiger partial charge in [0.2, 0.25) is 0 Å². The molecule has 20 heavy (non-hydrogen) atoms. The Morgan fingerprint density at radius 3 is 2.50 bits per heavy atom. The second-order valence-corrected chi connectivity index (χ2v) is 4.58. The molecule has 1 heterocycles. The van der Waals surface area contributed by atoms with Gasteiger partial charge in [0.15, 0.2) is 0 Å². The van der Waals surface area contributed by atoms with Crippen molar-refractivity contribution in [2.24, 2.45) is 5.10 Å². The first-order valence-corrected chi connectivity index (χ1v) is 6.23. The summed E-state index contributed by atoms with van der Waals surface area (Å²) < 4.78 is 5.07. The quantitative estimate of drug-likeness (QED) is 0.686. The van der Waals surface area contributed by atoms with Gasteiger partial charge in [-0.05, 0) is 30.7 Å². The molecule has 104 valence electrons. The maximum Gasteiger partial charge on any atom is 0.274 e. The lowest BCUT2D eigenvalue weighted by atomic mass is 10.2. The van der Waals surface area contributed by atoms with Crippen molar-refractivity contribution in [3.63, 3.8) is 0 Å². The topological polar surface area (TPSA) is 57.8 Å². The van der Waals surface area contributed by atoms with Gasteiger partial charge < -0.3 is 9.32 Å². The van der Waals surface area contributed by atoms with Crippen LogP contribution in [0.1, 0.15) is 21.7 Å². The summed E-state index contributed by atoms with van der Waals surface area (Å²) in [6.45, 7) is 1.73. The molecule has 0 spiro atoms. The lowest BCUT2D eigenvalue weighted by Crippen LogP contribution is -2.17. The SMILES string of the molecule is Cc1occc1C(=O)NN=Cc1ccc(N(C)C)cc1. The molecule has 5 heteroatoms. The van der Waals surface area contributed by atoms with Crippen LogP contribution in [0.15, 0.2) is 46.1 Å². The Labute approximate surface area is 117 Å². The van der Waals surface area contributed by atoms with Crippen LogP contribution in [-0.2, 0) is 0 Å². The van der Waals surface area contributed by atoms with Gasteiger partial charge >= 0.3 is 0 Å². The zero-order valence-electron chi connectivity index (χ0n) is 11.8. The molecule has 1 N–H and O–H groups in total. The van der Waals surface area contributed by atoms with E-state index in [1.54, 1.807) is 19.2 Å². The van der Waals surface area contributed by atoms with Crippen molar-refractivity contribution in [1.29, 1.82) is 0 Å². The molecular weight excluding hydrogens is 254 g/mol. The summed E-state index contributed by atoms with van der Waals surface area (Å²) in [6.07, 6.45) is 3.08. The summed E-state index contributed by atoms with van der Waals surface area (Å²) in [5, 5.41) is 3.93. The van der Waals surface area contributed by atoms with Gasteiger partial charge in [0, 0.05) is 19.8 Å². The summed E-state index contributed by atoms with van der Waals surface area (Å²) in [4.78, 5) is 13.8. The van der Waals surface area contributed by atoms with Gasteiger partial charge in [-0.3, -0.25) is 4.79 Å². The van der Waals surface area contributed by atoms with E-state index in [-0.39, 0.29) is 5.91 Å². The molecule has 1 amide bonds. The predicted octanol–water partition coefficient (Wildman–Crippen LogP) is 2.42. The number of nitrogens with one attached hydrogen (secondary N) is 1. The number of amides is 1. The number of nitrogens with zero attached hydrogens (tertiary/aromatic N) is 2. The molecule has 0 fully saturated rings. The summed E-state index contributed by atoms with van der Waals surface area (Å²) in [5.41, 5.74) is 4.99. The van der Waals surface area contributed by atoms with E-state index >= 15 is 0 Å². The Balaban J connectivity index is 1.96. The molecule has 0 atom stereocenters. The fraction of sp³-hybridized carbons (Fsp3) is 0.200. The van der Waals surface area contributed by atoms with Crippen molar-refractivity contribution < 1.29 is 9.21 Å². The highest BCUT2D eigenvalue weighted by Gasteiger charge is 2.09. The Hall–Kier alpha value is -2.56. The minimum Gasteiger partial charge on any atom is -0.469 e.